The molecule has 2 aromatic carbocycles. The lowest BCUT2D eigenvalue weighted by molar-refractivity contribution is -0.115. The van der Waals surface area contributed by atoms with E-state index in [4.69, 9.17) is 16.3 Å². The van der Waals surface area contributed by atoms with Gasteiger partial charge in [-0.2, -0.15) is 0 Å². The molecule has 2 N–H and O–H groups in total. The number of para-hydroxylation sites is 2. The van der Waals surface area contributed by atoms with Crippen molar-refractivity contribution in [2.75, 3.05) is 43.1 Å². The topological polar surface area (TPSA) is 70.7 Å². The van der Waals surface area contributed by atoms with Gasteiger partial charge in [0.1, 0.15) is 0 Å². The summed E-state index contributed by atoms with van der Waals surface area (Å²) in [6.45, 7) is 2.74. The van der Waals surface area contributed by atoms with E-state index in [2.05, 4.69) is 15.5 Å². The summed E-state index contributed by atoms with van der Waals surface area (Å²) < 4.78 is 5.37. The van der Waals surface area contributed by atoms with Gasteiger partial charge in [0.15, 0.2) is 0 Å². The zero-order valence-corrected chi connectivity index (χ0v) is 15.0. The van der Waals surface area contributed by atoms with E-state index in [1.54, 1.807) is 24.3 Å². The number of morpholine rings is 1. The van der Waals surface area contributed by atoms with Crippen molar-refractivity contribution in [3.05, 3.63) is 59.1 Å². The van der Waals surface area contributed by atoms with Gasteiger partial charge in [-0.15, -0.1) is 0 Å². The zero-order chi connectivity index (χ0) is 18.4. The van der Waals surface area contributed by atoms with Crippen LogP contribution < -0.4 is 15.5 Å². The van der Waals surface area contributed by atoms with Gasteiger partial charge in [-0.25, -0.2) is 0 Å². The third kappa shape index (κ3) is 4.53. The van der Waals surface area contributed by atoms with E-state index in [0.29, 0.717) is 29.5 Å². The number of carbonyl (C=O) groups is 2. The number of nitrogens with one attached hydrogen (secondary N) is 2. The Kier molecular flexibility index (Phi) is 6.09. The Morgan fingerprint density at radius 1 is 1.04 bits per heavy atom. The van der Waals surface area contributed by atoms with Crippen LogP contribution in [0.4, 0.5) is 11.4 Å². The Bertz CT molecular complexity index is 791. The van der Waals surface area contributed by atoms with E-state index < -0.39 is 0 Å². The predicted molar refractivity (Wildman–Crippen MR) is 102 cm³/mol. The third-order valence-corrected chi connectivity index (χ3v) is 4.39. The van der Waals surface area contributed by atoms with Gasteiger partial charge in [0, 0.05) is 13.1 Å². The standard InChI is InChI=1S/C19H20ClN3O3/c20-15-6-2-1-5-14(15)19(25)21-13-18(24)22-16-7-3-4-8-17(16)23-9-11-26-12-10-23/h1-8H,9-13H2,(H,21,25)(H,22,24). The smallest absolute Gasteiger partial charge is 0.253 e. The maximum Gasteiger partial charge on any atom is 0.253 e. The molecule has 1 fully saturated rings. The van der Waals surface area contributed by atoms with Gasteiger partial charge in [-0.05, 0) is 24.3 Å². The van der Waals surface area contributed by atoms with Crippen LogP contribution in [-0.2, 0) is 9.53 Å². The van der Waals surface area contributed by atoms with Crippen LogP contribution in [-0.4, -0.2) is 44.7 Å². The number of ether oxygens (including phenoxy) is 1. The molecule has 0 spiro atoms. The maximum absolute atomic E-state index is 12.3. The molecule has 7 heteroatoms. The summed E-state index contributed by atoms with van der Waals surface area (Å²) >= 11 is 5.99. The first-order valence-electron chi connectivity index (χ1n) is 8.39. The Hall–Kier alpha value is -2.57. The van der Waals surface area contributed by atoms with E-state index in [0.717, 1.165) is 18.8 Å². The molecule has 0 bridgehead atoms. The highest BCUT2D eigenvalue weighted by Crippen LogP contribution is 2.26. The van der Waals surface area contributed by atoms with Gasteiger partial charge in [0.2, 0.25) is 5.91 Å². The minimum Gasteiger partial charge on any atom is -0.378 e. The number of hydrogen-bond donors (Lipinski definition) is 2. The average molecular weight is 374 g/mol. The Morgan fingerprint density at radius 3 is 2.50 bits per heavy atom. The molecular formula is C19H20ClN3O3. The number of hydrogen-bond acceptors (Lipinski definition) is 4. The van der Waals surface area contributed by atoms with Crippen molar-refractivity contribution in [1.82, 2.24) is 5.32 Å². The summed E-state index contributed by atoms with van der Waals surface area (Å²) in [7, 11) is 0. The summed E-state index contributed by atoms with van der Waals surface area (Å²) in [5.74, 6) is -0.682. The first-order valence-corrected chi connectivity index (χ1v) is 8.77. The number of nitrogens with zero attached hydrogens (tertiary/aromatic N) is 1. The van der Waals surface area contributed by atoms with E-state index >= 15 is 0 Å². The number of halogens is 1. The van der Waals surface area contributed by atoms with Gasteiger partial charge in [-0.1, -0.05) is 35.9 Å². The van der Waals surface area contributed by atoms with Crippen molar-refractivity contribution < 1.29 is 14.3 Å². The molecule has 1 aliphatic rings. The van der Waals surface area contributed by atoms with Gasteiger partial charge in [0.25, 0.3) is 5.91 Å². The summed E-state index contributed by atoms with van der Waals surface area (Å²) in [4.78, 5) is 26.6. The number of carbonyl (C=O) groups excluding carboxylic acids is 2. The second-order valence-electron chi connectivity index (χ2n) is 5.83. The van der Waals surface area contributed by atoms with Gasteiger partial charge in [0.05, 0.1) is 41.7 Å². The Labute approximate surface area is 157 Å². The third-order valence-electron chi connectivity index (χ3n) is 4.06. The molecule has 0 aromatic heterocycles. The molecule has 26 heavy (non-hydrogen) atoms. The molecule has 1 aliphatic heterocycles. The molecule has 1 saturated heterocycles. The van der Waals surface area contributed by atoms with Gasteiger partial charge >= 0.3 is 0 Å². The van der Waals surface area contributed by atoms with Crippen molar-refractivity contribution in [3.8, 4) is 0 Å². The Morgan fingerprint density at radius 2 is 1.73 bits per heavy atom. The van der Waals surface area contributed by atoms with Crippen LogP contribution in [0.15, 0.2) is 48.5 Å². The minimum absolute atomic E-state index is 0.137. The maximum atomic E-state index is 12.3. The number of rotatable bonds is 5. The lowest BCUT2D eigenvalue weighted by atomic mass is 10.2. The fourth-order valence-electron chi connectivity index (χ4n) is 2.75. The average Bonchev–Trinajstić information content (AvgIpc) is 2.67. The number of amides is 2. The van der Waals surface area contributed by atoms with Crippen molar-refractivity contribution in [2.45, 2.75) is 0 Å². The first-order chi connectivity index (χ1) is 12.6. The lowest BCUT2D eigenvalue weighted by Crippen LogP contribution is -2.37. The van der Waals surface area contributed by atoms with E-state index in [1.165, 1.54) is 0 Å². The van der Waals surface area contributed by atoms with Gasteiger partial charge < -0.3 is 20.3 Å². The van der Waals surface area contributed by atoms with Crippen LogP contribution in [0.1, 0.15) is 10.4 Å². The molecule has 0 atom stereocenters. The quantitative estimate of drug-likeness (QED) is 0.845. The normalized spacial score (nSPS) is 14.0. The fraction of sp³-hybridized carbons (Fsp3) is 0.263. The van der Waals surface area contributed by atoms with Crippen molar-refractivity contribution >= 4 is 34.8 Å². The van der Waals surface area contributed by atoms with Crippen LogP contribution in [0, 0.1) is 0 Å². The Balaban J connectivity index is 1.60. The lowest BCUT2D eigenvalue weighted by Gasteiger charge is -2.30. The number of anilines is 2. The highest BCUT2D eigenvalue weighted by Gasteiger charge is 2.16. The van der Waals surface area contributed by atoms with Crippen LogP contribution in [0.2, 0.25) is 5.02 Å². The second kappa shape index (κ2) is 8.69. The summed E-state index contributed by atoms with van der Waals surface area (Å²) in [5.41, 5.74) is 2.00. The number of benzene rings is 2. The van der Waals surface area contributed by atoms with Crippen LogP contribution in [0.5, 0.6) is 0 Å². The van der Waals surface area contributed by atoms with E-state index in [-0.39, 0.29) is 18.4 Å². The molecule has 0 saturated carbocycles. The first kappa shape index (κ1) is 18.2. The fourth-order valence-corrected chi connectivity index (χ4v) is 2.98. The van der Waals surface area contributed by atoms with Crippen molar-refractivity contribution in [3.63, 3.8) is 0 Å². The molecule has 1 heterocycles. The molecule has 3 rings (SSSR count). The van der Waals surface area contributed by atoms with E-state index in [1.807, 2.05) is 24.3 Å². The molecule has 0 aliphatic carbocycles. The largest absolute Gasteiger partial charge is 0.378 e. The van der Waals surface area contributed by atoms with E-state index in [9.17, 15) is 9.59 Å². The molecule has 136 valence electrons. The molecular weight excluding hydrogens is 354 g/mol. The van der Waals surface area contributed by atoms with Crippen LogP contribution >= 0.6 is 11.6 Å². The summed E-state index contributed by atoms with van der Waals surface area (Å²) in [6.07, 6.45) is 0. The van der Waals surface area contributed by atoms with Crippen LogP contribution in [0.3, 0.4) is 0 Å². The molecule has 6 nitrogen and oxygen atoms in total. The molecule has 2 aromatic rings. The molecule has 0 unspecified atom stereocenters. The van der Waals surface area contributed by atoms with Gasteiger partial charge in [-0.3, -0.25) is 9.59 Å². The highest BCUT2D eigenvalue weighted by atomic mass is 35.5. The summed E-state index contributed by atoms with van der Waals surface area (Å²) in [5, 5.41) is 5.80. The molecule has 0 radical (unpaired) electrons. The SMILES string of the molecule is O=C(CNC(=O)c1ccccc1Cl)Nc1ccccc1N1CCOCC1. The molecule has 2 amide bonds. The predicted octanol–water partition coefficient (Wildman–Crippen LogP) is 2.55. The minimum atomic E-state index is -0.382. The van der Waals surface area contributed by atoms with Crippen LogP contribution in [0.25, 0.3) is 0 Å². The highest BCUT2D eigenvalue weighted by molar-refractivity contribution is 6.33. The van der Waals surface area contributed by atoms with Crippen molar-refractivity contribution in [1.29, 1.82) is 0 Å². The zero-order valence-electron chi connectivity index (χ0n) is 14.2. The second-order valence-corrected chi connectivity index (χ2v) is 6.23. The summed E-state index contributed by atoms with van der Waals surface area (Å²) in [6, 6.07) is 14.3. The monoisotopic (exact) mass is 373 g/mol. The van der Waals surface area contributed by atoms with Crippen molar-refractivity contribution in [2.24, 2.45) is 0 Å².